The van der Waals surface area contributed by atoms with E-state index >= 15 is 0 Å². The minimum Gasteiger partial charge on any atom is -0.248 e. The van der Waals surface area contributed by atoms with Gasteiger partial charge in [-0.25, -0.2) is 4.98 Å². The Hall–Kier alpha value is -2.85. The molecule has 1 heteroatoms. The van der Waals surface area contributed by atoms with Crippen LogP contribution in [0.1, 0.15) is 11.3 Å². The molecule has 0 unspecified atom stereocenters. The maximum Gasteiger partial charge on any atom is 0.114 e. The molecule has 0 bridgehead atoms. The van der Waals surface area contributed by atoms with Crippen molar-refractivity contribution in [2.24, 2.45) is 0 Å². The fourth-order valence-corrected chi connectivity index (χ4v) is 1.97. The molecule has 0 aliphatic rings. The number of rotatable bonds is 1. The van der Waals surface area contributed by atoms with Crippen molar-refractivity contribution in [2.45, 2.75) is 0 Å². The molecule has 0 atom stereocenters. The molecule has 1 aromatic heterocycles. The number of hydrogen-bond acceptors (Lipinski definition) is 1. The van der Waals surface area contributed by atoms with Crippen molar-refractivity contribution < 1.29 is 0 Å². The fraction of sp³-hybridized carbons (Fsp3) is 0. The zero-order chi connectivity index (χ0) is 13.6. The van der Waals surface area contributed by atoms with Gasteiger partial charge in [0.2, 0.25) is 0 Å². The van der Waals surface area contributed by atoms with Gasteiger partial charge in [0.1, 0.15) is 5.69 Å². The fourth-order valence-electron chi connectivity index (χ4n) is 1.97. The lowest BCUT2D eigenvalue weighted by Crippen LogP contribution is -1.84. The molecule has 0 saturated carbocycles. The molecule has 0 fully saturated rings. The first-order valence-electron chi connectivity index (χ1n) is 6.50. The van der Waals surface area contributed by atoms with Gasteiger partial charge in [-0.05, 0) is 41.3 Å². The molecule has 0 aliphatic heterocycles. The van der Waals surface area contributed by atoms with Crippen LogP contribution in [0.15, 0.2) is 79.0 Å². The van der Waals surface area contributed by atoms with E-state index in [1.807, 2.05) is 60.7 Å². The van der Waals surface area contributed by atoms with Gasteiger partial charge >= 0.3 is 0 Å². The second-order valence-electron chi connectivity index (χ2n) is 4.41. The highest BCUT2D eigenvalue weighted by molar-refractivity contribution is 5.64. The Morgan fingerprint density at radius 2 is 1.35 bits per heavy atom. The summed E-state index contributed by atoms with van der Waals surface area (Å²) >= 11 is 0. The monoisotopic (exact) mass is 255 g/mol. The van der Waals surface area contributed by atoms with Gasteiger partial charge in [-0.2, -0.15) is 0 Å². The molecule has 0 spiro atoms. The van der Waals surface area contributed by atoms with Crippen LogP contribution in [-0.4, -0.2) is 4.98 Å². The lowest BCUT2D eigenvalue weighted by Gasteiger charge is -2.00. The van der Waals surface area contributed by atoms with Crippen LogP contribution in [0.2, 0.25) is 0 Å². The van der Waals surface area contributed by atoms with E-state index in [4.69, 9.17) is 0 Å². The van der Waals surface area contributed by atoms with Crippen LogP contribution in [-0.2, 0) is 0 Å². The minimum atomic E-state index is 0.787. The van der Waals surface area contributed by atoms with Crippen molar-refractivity contribution >= 4 is 0 Å². The third-order valence-electron chi connectivity index (χ3n) is 2.98. The Kier molecular flexibility index (Phi) is 3.57. The van der Waals surface area contributed by atoms with Crippen molar-refractivity contribution in [1.82, 2.24) is 4.98 Å². The van der Waals surface area contributed by atoms with Crippen molar-refractivity contribution in [3.63, 3.8) is 0 Å². The number of benzene rings is 2. The second-order valence-corrected chi connectivity index (χ2v) is 4.41. The Balaban J connectivity index is 1.91. The molecule has 0 radical (unpaired) electrons. The van der Waals surface area contributed by atoms with Crippen LogP contribution in [0.3, 0.4) is 0 Å². The maximum atomic E-state index is 4.31. The SMILES string of the molecule is C(#Cc1cc(-c2ccccc2)ccn1)c1ccccc1. The molecule has 3 rings (SSSR count). The standard InChI is InChI=1S/C19H13N/c1-3-7-16(8-4-1)11-12-19-15-18(13-14-20-19)17-9-5-2-6-10-17/h1-10,13-15H. The van der Waals surface area contributed by atoms with E-state index in [-0.39, 0.29) is 0 Å². The van der Waals surface area contributed by atoms with Crippen molar-refractivity contribution in [1.29, 1.82) is 0 Å². The summed E-state index contributed by atoms with van der Waals surface area (Å²) in [6.07, 6.45) is 1.80. The van der Waals surface area contributed by atoms with Gasteiger partial charge in [-0.1, -0.05) is 54.5 Å². The zero-order valence-corrected chi connectivity index (χ0v) is 11.0. The van der Waals surface area contributed by atoms with Gasteiger partial charge in [0.05, 0.1) is 0 Å². The van der Waals surface area contributed by atoms with Crippen LogP contribution in [0.4, 0.5) is 0 Å². The normalized spacial score (nSPS) is 9.60. The first-order chi connectivity index (χ1) is 9.92. The molecule has 2 aromatic carbocycles. The third-order valence-corrected chi connectivity index (χ3v) is 2.98. The summed E-state index contributed by atoms with van der Waals surface area (Å²) in [5, 5.41) is 0. The zero-order valence-electron chi connectivity index (χ0n) is 11.0. The number of hydrogen-bond donors (Lipinski definition) is 0. The molecule has 20 heavy (non-hydrogen) atoms. The minimum absolute atomic E-state index is 0.787. The summed E-state index contributed by atoms with van der Waals surface area (Å²) in [5.41, 5.74) is 4.10. The van der Waals surface area contributed by atoms with Crippen LogP contribution in [0, 0.1) is 11.8 Å². The largest absolute Gasteiger partial charge is 0.248 e. The van der Waals surface area contributed by atoms with E-state index in [0.717, 1.165) is 16.8 Å². The summed E-state index contributed by atoms with van der Waals surface area (Å²) in [6.45, 7) is 0. The average molecular weight is 255 g/mol. The van der Waals surface area contributed by atoms with Gasteiger partial charge < -0.3 is 0 Å². The molecular weight excluding hydrogens is 242 g/mol. The predicted molar refractivity (Wildman–Crippen MR) is 82.1 cm³/mol. The average Bonchev–Trinajstić information content (AvgIpc) is 2.55. The van der Waals surface area contributed by atoms with E-state index in [9.17, 15) is 0 Å². The molecule has 0 amide bonds. The van der Waals surface area contributed by atoms with Crippen LogP contribution in [0.25, 0.3) is 11.1 Å². The number of aromatic nitrogens is 1. The van der Waals surface area contributed by atoms with Crippen LogP contribution >= 0.6 is 0 Å². The number of nitrogens with zero attached hydrogens (tertiary/aromatic N) is 1. The van der Waals surface area contributed by atoms with E-state index < -0.39 is 0 Å². The second kappa shape index (κ2) is 5.86. The first-order valence-corrected chi connectivity index (χ1v) is 6.50. The quantitative estimate of drug-likeness (QED) is 0.595. The third kappa shape index (κ3) is 2.93. The maximum absolute atomic E-state index is 4.31. The summed E-state index contributed by atoms with van der Waals surface area (Å²) in [4.78, 5) is 4.31. The Labute approximate surface area is 118 Å². The molecule has 0 aliphatic carbocycles. The van der Waals surface area contributed by atoms with Crippen molar-refractivity contribution in [3.05, 3.63) is 90.3 Å². The highest BCUT2D eigenvalue weighted by Gasteiger charge is 1.97. The summed E-state index contributed by atoms with van der Waals surface area (Å²) in [6, 6.07) is 24.2. The van der Waals surface area contributed by atoms with Gasteiger partial charge in [0, 0.05) is 11.8 Å². The Morgan fingerprint density at radius 1 is 0.650 bits per heavy atom. The molecule has 1 nitrogen and oxygen atoms in total. The molecule has 1 heterocycles. The van der Waals surface area contributed by atoms with E-state index in [1.54, 1.807) is 6.20 Å². The molecule has 0 saturated heterocycles. The van der Waals surface area contributed by atoms with E-state index in [0.29, 0.717) is 0 Å². The molecule has 94 valence electrons. The Bertz CT molecular complexity index is 750. The molecule has 0 N–H and O–H groups in total. The van der Waals surface area contributed by atoms with Gasteiger partial charge in [0.15, 0.2) is 0 Å². The first kappa shape index (κ1) is 12.2. The van der Waals surface area contributed by atoms with E-state index in [2.05, 4.69) is 29.0 Å². The highest BCUT2D eigenvalue weighted by Crippen LogP contribution is 2.18. The lowest BCUT2D eigenvalue weighted by atomic mass is 10.1. The molecular formula is C19H13N. The smallest absolute Gasteiger partial charge is 0.114 e. The van der Waals surface area contributed by atoms with Gasteiger partial charge in [-0.15, -0.1) is 0 Å². The summed E-state index contributed by atoms with van der Waals surface area (Å²) in [7, 11) is 0. The van der Waals surface area contributed by atoms with Gasteiger partial charge in [0.25, 0.3) is 0 Å². The summed E-state index contributed by atoms with van der Waals surface area (Å²) in [5.74, 6) is 6.24. The van der Waals surface area contributed by atoms with E-state index in [1.165, 1.54) is 5.56 Å². The van der Waals surface area contributed by atoms with Crippen molar-refractivity contribution in [3.8, 4) is 23.0 Å². The lowest BCUT2D eigenvalue weighted by molar-refractivity contribution is 1.29. The summed E-state index contributed by atoms with van der Waals surface area (Å²) < 4.78 is 0. The highest BCUT2D eigenvalue weighted by atomic mass is 14.6. The molecule has 3 aromatic rings. The van der Waals surface area contributed by atoms with Crippen LogP contribution in [0.5, 0.6) is 0 Å². The Morgan fingerprint density at radius 3 is 2.10 bits per heavy atom. The van der Waals surface area contributed by atoms with Crippen molar-refractivity contribution in [2.75, 3.05) is 0 Å². The predicted octanol–water partition coefficient (Wildman–Crippen LogP) is 4.15. The number of pyridine rings is 1. The topological polar surface area (TPSA) is 12.9 Å². The van der Waals surface area contributed by atoms with Crippen LogP contribution < -0.4 is 0 Å². The van der Waals surface area contributed by atoms with Gasteiger partial charge in [-0.3, -0.25) is 0 Å².